The van der Waals surface area contributed by atoms with Gasteiger partial charge in [-0.05, 0) is 37.6 Å². The molecule has 1 aromatic rings. The molecule has 0 saturated heterocycles. The van der Waals surface area contributed by atoms with Gasteiger partial charge < -0.3 is 21.5 Å². The molecule has 0 atom stereocenters. The number of allylic oxidation sites excluding steroid dienone is 2. The van der Waals surface area contributed by atoms with Crippen LogP contribution in [0.2, 0.25) is 0 Å². The molecule has 0 aliphatic carbocycles. The molecular weight excluding hydrogens is 314 g/mol. The first-order valence-electron chi connectivity index (χ1n) is 8.01. The number of aliphatic imine (C=N–C) groups is 1. The number of benzene rings is 1. The summed E-state index contributed by atoms with van der Waals surface area (Å²) in [5, 5.41) is 24.3. The van der Waals surface area contributed by atoms with Crippen molar-refractivity contribution in [2.45, 2.75) is 19.4 Å². The van der Waals surface area contributed by atoms with E-state index in [0.29, 0.717) is 29.1 Å². The third kappa shape index (κ3) is 4.36. The summed E-state index contributed by atoms with van der Waals surface area (Å²) in [7, 11) is 1.84. The minimum Gasteiger partial charge on any atom is -0.389 e. The number of aliphatic hydroxyl groups is 1. The van der Waals surface area contributed by atoms with E-state index in [1.165, 1.54) is 0 Å². The average Bonchev–Trinajstić information content (AvgIpc) is 2.54. The zero-order valence-corrected chi connectivity index (χ0v) is 14.9. The number of nitrogens with zero attached hydrogens (tertiary/aromatic N) is 1. The van der Waals surface area contributed by atoms with E-state index in [1.807, 2.05) is 31.3 Å². The maximum Gasteiger partial charge on any atom is 0.135 e. The SMILES string of the molecule is C=C/C=C(\NC)c1ccc2c(c1)N=C(N)/C(=C/NCC(C)(C)O)C2=N. The summed E-state index contributed by atoms with van der Waals surface area (Å²) in [4.78, 5) is 4.43. The van der Waals surface area contributed by atoms with Crippen LogP contribution in [0.25, 0.3) is 5.70 Å². The maximum atomic E-state index is 9.76. The highest BCUT2D eigenvalue weighted by Crippen LogP contribution is 2.30. The molecule has 6 heteroatoms. The van der Waals surface area contributed by atoms with E-state index >= 15 is 0 Å². The van der Waals surface area contributed by atoms with Crippen molar-refractivity contribution < 1.29 is 5.11 Å². The van der Waals surface area contributed by atoms with Gasteiger partial charge in [-0.3, -0.25) is 5.41 Å². The Labute approximate surface area is 148 Å². The molecule has 0 fully saturated rings. The molecule has 0 aromatic heterocycles. The van der Waals surface area contributed by atoms with Gasteiger partial charge in [-0.2, -0.15) is 0 Å². The maximum absolute atomic E-state index is 9.76. The van der Waals surface area contributed by atoms with Crippen LogP contribution in [0.1, 0.15) is 25.0 Å². The summed E-state index contributed by atoms with van der Waals surface area (Å²) < 4.78 is 0. The molecule has 6 N–H and O–H groups in total. The van der Waals surface area contributed by atoms with Crippen LogP contribution in [-0.4, -0.2) is 35.8 Å². The molecule has 0 bridgehead atoms. The van der Waals surface area contributed by atoms with Gasteiger partial charge in [0.1, 0.15) is 5.84 Å². The minimum absolute atomic E-state index is 0.275. The van der Waals surface area contributed by atoms with Gasteiger partial charge in [0, 0.05) is 31.1 Å². The average molecular weight is 339 g/mol. The van der Waals surface area contributed by atoms with Crippen LogP contribution in [0, 0.1) is 5.41 Å². The van der Waals surface area contributed by atoms with Gasteiger partial charge in [0.15, 0.2) is 0 Å². The number of hydrogen-bond donors (Lipinski definition) is 5. The molecule has 0 saturated carbocycles. The van der Waals surface area contributed by atoms with Crippen molar-refractivity contribution in [3.63, 3.8) is 0 Å². The Bertz CT molecular complexity index is 781. The monoisotopic (exact) mass is 339 g/mol. The Morgan fingerprint density at radius 3 is 2.76 bits per heavy atom. The van der Waals surface area contributed by atoms with E-state index < -0.39 is 5.60 Å². The molecule has 0 radical (unpaired) electrons. The van der Waals surface area contributed by atoms with E-state index in [0.717, 1.165) is 11.3 Å². The van der Waals surface area contributed by atoms with E-state index in [4.69, 9.17) is 11.1 Å². The molecule has 1 aromatic carbocycles. The van der Waals surface area contributed by atoms with Gasteiger partial charge in [0.25, 0.3) is 0 Å². The van der Waals surface area contributed by atoms with Crippen molar-refractivity contribution >= 4 is 22.9 Å². The second-order valence-electron chi connectivity index (χ2n) is 6.42. The summed E-state index contributed by atoms with van der Waals surface area (Å²) in [6.07, 6.45) is 5.21. The highest BCUT2D eigenvalue weighted by molar-refractivity contribution is 6.32. The number of amidine groups is 1. The molecule has 0 spiro atoms. The summed E-state index contributed by atoms with van der Waals surface area (Å²) in [5.41, 5.74) is 9.23. The van der Waals surface area contributed by atoms with Crippen molar-refractivity contribution in [2.24, 2.45) is 10.7 Å². The third-order valence-corrected chi connectivity index (χ3v) is 3.70. The van der Waals surface area contributed by atoms with Crippen LogP contribution >= 0.6 is 0 Å². The Balaban J connectivity index is 2.35. The van der Waals surface area contributed by atoms with Gasteiger partial charge in [-0.1, -0.05) is 18.7 Å². The lowest BCUT2D eigenvalue weighted by atomic mass is 9.95. The Hall–Kier alpha value is -2.86. The molecule has 1 heterocycles. The fraction of sp³-hybridized carbons (Fsp3) is 0.263. The third-order valence-electron chi connectivity index (χ3n) is 3.70. The number of hydrogen-bond acceptors (Lipinski definition) is 6. The molecule has 2 rings (SSSR count). The van der Waals surface area contributed by atoms with Gasteiger partial charge in [-0.15, -0.1) is 0 Å². The predicted molar refractivity (Wildman–Crippen MR) is 104 cm³/mol. The second kappa shape index (κ2) is 7.36. The molecule has 6 nitrogen and oxygen atoms in total. The smallest absolute Gasteiger partial charge is 0.135 e. The number of fused-ring (bicyclic) bond motifs is 1. The van der Waals surface area contributed by atoms with E-state index in [1.54, 1.807) is 26.1 Å². The highest BCUT2D eigenvalue weighted by Gasteiger charge is 2.22. The lowest BCUT2D eigenvalue weighted by molar-refractivity contribution is 0.0835. The predicted octanol–water partition coefficient (Wildman–Crippen LogP) is 2.05. The standard InChI is InChI=1S/C19H25N5O/c1-5-6-15(22-4)12-7-8-13-16(9-12)24-18(21)14(17(13)20)10-23-11-19(2,3)25/h5-10,20,22-23,25H,1,11H2,2-4H3,(H2,21,24)/b14-10+,15-6-,20-17?. The van der Waals surface area contributed by atoms with E-state index in [9.17, 15) is 5.11 Å². The van der Waals surface area contributed by atoms with Crippen molar-refractivity contribution in [1.29, 1.82) is 5.41 Å². The first-order chi connectivity index (χ1) is 11.8. The molecule has 1 aliphatic rings. The Morgan fingerprint density at radius 2 is 2.16 bits per heavy atom. The fourth-order valence-corrected chi connectivity index (χ4v) is 2.46. The number of rotatable bonds is 6. The Kier molecular flexibility index (Phi) is 5.44. The first kappa shape index (κ1) is 18.5. The minimum atomic E-state index is -0.854. The lowest BCUT2D eigenvalue weighted by Crippen LogP contribution is -2.34. The summed E-state index contributed by atoms with van der Waals surface area (Å²) in [5.74, 6) is 0.275. The van der Waals surface area contributed by atoms with Crippen LogP contribution in [0.4, 0.5) is 5.69 Å². The highest BCUT2D eigenvalue weighted by atomic mass is 16.3. The van der Waals surface area contributed by atoms with Crippen LogP contribution in [0.3, 0.4) is 0 Å². The quantitative estimate of drug-likeness (QED) is 0.511. The van der Waals surface area contributed by atoms with Crippen LogP contribution in [0.5, 0.6) is 0 Å². The molecule has 132 valence electrons. The lowest BCUT2D eigenvalue weighted by Gasteiger charge is -2.20. The Morgan fingerprint density at radius 1 is 1.44 bits per heavy atom. The number of nitrogens with one attached hydrogen (secondary N) is 3. The normalized spacial score (nSPS) is 16.3. The van der Waals surface area contributed by atoms with Crippen LogP contribution in [0.15, 0.2) is 53.7 Å². The van der Waals surface area contributed by atoms with Crippen LogP contribution in [-0.2, 0) is 0 Å². The molecule has 25 heavy (non-hydrogen) atoms. The molecule has 1 aliphatic heterocycles. The van der Waals surface area contributed by atoms with Gasteiger partial charge in [0.05, 0.1) is 22.6 Å². The fourth-order valence-electron chi connectivity index (χ4n) is 2.46. The van der Waals surface area contributed by atoms with Gasteiger partial charge >= 0.3 is 0 Å². The second-order valence-corrected chi connectivity index (χ2v) is 6.42. The molecule has 0 unspecified atom stereocenters. The zero-order valence-electron chi connectivity index (χ0n) is 14.9. The van der Waals surface area contributed by atoms with Gasteiger partial charge in [-0.25, -0.2) is 4.99 Å². The number of nitrogens with two attached hydrogens (primary N) is 1. The van der Waals surface area contributed by atoms with E-state index in [2.05, 4.69) is 22.2 Å². The van der Waals surface area contributed by atoms with Crippen LogP contribution < -0.4 is 16.4 Å². The van der Waals surface area contributed by atoms with Crippen molar-refractivity contribution in [2.75, 3.05) is 13.6 Å². The molecule has 0 amide bonds. The summed E-state index contributed by atoms with van der Waals surface area (Å²) in [6, 6.07) is 5.68. The van der Waals surface area contributed by atoms with Crippen molar-refractivity contribution in [1.82, 2.24) is 10.6 Å². The molecular formula is C19H25N5O. The summed E-state index contributed by atoms with van der Waals surface area (Å²) >= 11 is 0. The zero-order chi connectivity index (χ0) is 18.6. The van der Waals surface area contributed by atoms with Gasteiger partial charge in [0.2, 0.25) is 0 Å². The summed E-state index contributed by atoms with van der Waals surface area (Å²) in [6.45, 7) is 7.47. The topological polar surface area (TPSA) is 107 Å². The van der Waals surface area contributed by atoms with Crippen molar-refractivity contribution in [3.05, 3.63) is 59.8 Å². The first-order valence-corrected chi connectivity index (χ1v) is 8.01. The largest absolute Gasteiger partial charge is 0.389 e. The van der Waals surface area contributed by atoms with E-state index in [-0.39, 0.29) is 5.84 Å². The van der Waals surface area contributed by atoms with Crippen molar-refractivity contribution in [3.8, 4) is 0 Å².